The van der Waals surface area contributed by atoms with Crippen LogP contribution in [0.25, 0.3) is 5.69 Å². The second-order valence-electron chi connectivity index (χ2n) is 9.10. The van der Waals surface area contributed by atoms with Gasteiger partial charge in [-0.15, -0.1) is 0 Å². The molecule has 6 nitrogen and oxygen atoms in total. The van der Waals surface area contributed by atoms with Crippen LogP contribution in [0.3, 0.4) is 0 Å². The number of aromatic nitrogens is 2. The number of thiocarbonyl (C=S) groups is 1. The van der Waals surface area contributed by atoms with E-state index in [1.165, 1.54) is 28.3 Å². The molecule has 2 aromatic heterocycles. The molecule has 1 aromatic carbocycles. The van der Waals surface area contributed by atoms with Crippen LogP contribution in [0.1, 0.15) is 48.1 Å². The summed E-state index contributed by atoms with van der Waals surface area (Å²) >= 11 is 5.78. The van der Waals surface area contributed by atoms with E-state index in [0.29, 0.717) is 0 Å². The molecule has 5 rings (SSSR count). The first-order valence-electron chi connectivity index (χ1n) is 12.2. The topological polar surface area (TPSA) is 45.6 Å². The first kappa shape index (κ1) is 22.9. The Morgan fingerprint density at radius 3 is 2.47 bits per heavy atom. The lowest BCUT2D eigenvalue weighted by atomic mass is 9.96. The van der Waals surface area contributed by atoms with Crippen LogP contribution in [0, 0.1) is 13.8 Å². The number of nitrogens with zero attached hydrogens (tertiary/aromatic N) is 4. The molecule has 0 aliphatic carbocycles. The van der Waals surface area contributed by atoms with Crippen molar-refractivity contribution in [2.45, 2.75) is 39.3 Å². The highest BCUT2D eigenvalue weighted by Crippen LogP contribution is 2.41. The number of benzene rings is 1. The van der Waals surface area contributed by atoms with Gasteiger partial charge < -0.3 is 24.4 Å². The van der Waals surface area contributed by atoms with Crippen molar-refractivity contribution in [1.82, 2.24) is 19.8 Å². The Kier molecular flexibility index (Phi) is 6.57. The van der Waals surface area contributed by atoms with E-state index in [1.807, 2.05) is 18.3 Å². The largest absolute Gasteiger partial charge is 0.378 e. The molecule has 2 fully saturated rings. The Labute approximate surface area is 207 Å². The lowest BCUT2D eigenvalue weighted by Gasteiger charge is -2.29. The molecule has 2 atom stereocenters. The van der Waals surface area contributed by atoms with Crippen LogP contribution in [0.4, 0.5) is 5.69 Å². The summed E-state index contributed by atoms with van der Waals surface area (Å²) in [5.74, 6) is 0. The summed E-state index contributed by atoms with van der Waals surface area (Å²) < 4.78 is 7.86. The van der Waals surface area contributed by atoms with Gasteiger partial charge in [0, 0.05) is 48.6 Å². The summed E-state index contributed by atoms with van der Waals surface area (Å²) in [6.45, 7) is 11.0. The lowest BCUT2D eigenvalue weighted by molar-refractivity contribution is 0.122. The fourth-order valence-corrected chi connectivity index (χ4v) is 5.68. The van der Waals surface area contributed by atoms with E-state index < -0.39 is 0 Å². The van der Waals surface area contributed by atoms with E-state index in [9.17, 15) is 0 Å². The fraction of sp³-hybridized carbons (Fsp3) is 0.407. The monoisotopic (exact) mass is 475 g/mol. The van der Waals surface area contributed by atoms with Crippen molar-refractivity contribution in [2.75, 3.05) is 37.7 Å². The van der Waals surface area contributed by atoms with Gasteiger partial charge in [0.2, 0.25) is 0 Å². The third-order valence-electron chi connectivity index (χ3n) is 6.94. The minimum Gasteiger partial charge on any atom is -0.378 e. The SMILES string of the molecule is CCCN1C(=S)N[C@@H](c2ccccn2)[C@H]1c1cc(C)n(-c2ccc(N3CCOCC3)cc2)c1C. The lowest BCUT2D eigenvalue weighted by Crippen LogP contribution is -2.36. The van der Waals surface area contributed by atoms with Crippen molar-refractivity contribution in [1.29, 1.82) is 0 Å². The minimum absolute atomic E-state index is 0.0258. The van der Waals surface area contributed by atoms with Gasteiger partial charge in [0.1, 0.15) is 0 Å². The van der Waals surface area contributed by atoms with Crippen molar-refractivity contribution >= 4 is 23.0 Å². The van der Waals surface area contributed by atoms with E-state index in [0.717, 1.165) is 50.1 Å². The van der Waals surface area contributed by atoms with Gasteiger partial charge in [0.05, 0.1) is 31.0 Å². The fourth-order valence-electron chi connectivity index (χ4n) is 5.34. The van der Waals surface area contributed by atoms with Gasteiger partial charge in [0.15, 0.2) is 5.11 Å². The first-order chi connectivity index (χ1) is 16.6. The van der Waals surface area contributed by atoms with Crippen molar-refractivity contribution < 1.29 is 4.74 Å². The van der Waals surface area contributed by atoms with Gasteiger partial charge in [-0.3, -0.25) is 4.98 Å². The second kappa shape index (κ2) is 9.76. The van der Waals surface area contributed by atoms with Crippen LogP contribution in [0.15, 0.2) is 54.7 Å². The van der Waals surface area contributed by atoms with E-state index in [4.69, 9.17) is 17.0 Å². The molecule has 2 saturated heterocycles. The van der Waals surface area contributed by atoms with Gasteiger partial charge in [-0.25, -0.2) is 0 Å². The Bertz CT molecular complexity index is 1140. The average molecular weight is 476 g/mol. The zero-order valence-electron chi connectivity index (χ0n) is 20.2. The number of nitrogens with one attached hydrogen (secondary N) is 1. The third-order valence-corrected chi connectivity index (χ3v) is 7.29. The van der Waals surface area contributed by atoms with Crippen LogP contribution in [0.5, 0.6) is 0 Å². The van der Waals surface area contributed by atoms with Crippen molar-refractivity contribution in [3.8, 4) is 5.69 Å². The molecule has 3 aromatic rings. The quantitative estimate of drug-likeness (QED) is 0.521. The number of rotatable bonds is 6. The molecule has 0 unspecified atom stereocenters. The number of anilines is 1. The normalized spacial score (nSPS) is 20.6. The van der Waals surface area contributed by atoms with E-state index >= 15 is 0 Å². The highest BCUT2D eigenvalue weighted by Gasteiger charge is 2.40. The molecule has 0 bridgehead atoms. The molecule has 0 saturated carbocycles. The Morgan fingerprint density at radius 1 is 1.06 bits per heavy atom. The number of ether oxygens (including phenoxy) is 1. The molecule has 34 heavy (non-hydrogen) atoms. The molecule has 1 N–H and O–H groups in total. The van der Waals surface area contributed by atoms with E-state index in [2.05, 4.69) is 81.8 Å². The molecule has 7 heteroatoms. The molecule has 2 aliphatic heterocycles. The minimum atomic E-state index is 0.0258. The zero-order chi connectivity index (χ0) is 23.7. The maximum absolute atomic E-state index is 5.78. The Hall–Kier alpha value is -2.90. The molecule has 4 heterocycles. The molecular weight excluding hydrogens is 442 g/mol. The highest BCUT2D eigenvalue weighted by atomic mass is 32.1. The molecule has 2 aliphatic rings. The van der Waals surface area contributed by atoms with E-state index in [-0.39, 0.29) is 12.1 Å². The molecule has 0 radical (unpaired) electrons. The van der Waals surface area contributed by atoms with Gasteiger partial charge in [-0.2, -0.15) is 0 Å². The predicted molar refractivity (Wildman–Crippen MR) is 141 cm³/mol. The van der Waals surface area contributed by atoms with Crippen LogP contribution in [-0.2, 0) is 4.74 Å². The summed E-state index contributed by atoms with van der Waals surface area (Å²) in [6.07, 6.45) is 2.90. The number of aryl methyl sites for hydroxylation is 1. The molecule has 0 amide bonds. The van der Waals surface area contributed by atoms with Crippen molar-refractivity contribution in [2.24, 2.45) is 0 Å². The smallest absolute Gasteiger partial charge is 0.170 e. The van der Waals surface area contributed by atoms with Crippen LogP contribution in [-0.4, -0.2) is 52.4 Å². The summed E-state index contributed by atoms with van der Waals surface area (Å²) in [5.41, 5.74) is 7.22. The Morgan fingerprint density at radius 2 is 1.79 bits per heavy atom. The number of hydrogen-bond acceptors (Lipinski definition) is 4. The van der Waals surface area contributed by atoms with Crippen molar-refractivity contribution in [3.63, 3.8) is 0 Å². The predicted octanol–water partition coefficient (Wildman–Crippen LogP) is 4.71. The second-order valence-corrected chi connectivity index (χ2v) is 9.48. The van der Waals surface area contributed by atoms with E-state index in [1.54, 1.807) is 0 Å². The summed E-state index contributed by atoms with van der Waals surface area (Å²) in [5, 5.41) is 4.37. The summed E-state index contributed by atoms with van der Waals surface area (Å²) in [6, 6.07) is 17.5. The van der Waals surface area contributed by atoms with Gasteiger partial charge in [0.25, 0.3) is 0 Å². The van der Waals surface area contributed by atoms with Crippen LogP contribution in [0.2, 0.25) is 0 Å². The highest BCUT2D eigenvalue weighted by molar-refractivity contribution is 7.80. The third kappa shape index (κ3) is 4.18. The summed E-state index contributed by atoms with van der Waals surface area (Å²) in [4.78, 5) is 9.39. The maximum Gasteiger partial charge on any atom is 0.170 e. The number of hydrogen-bond donors (Lipinski definition) is 1. The van der Waals surface area contributed by atoms with Gasteiger partial charge in [-0.1, -0.05) is 13.0 Å². The Balaban J connectivity index is 1.51. The molecule has 0 spiro atoms. The van der Waals surface area contributed by atoms with Gasteiger partial charge in [-0.05, 0) is 80.5 Å². The average Bonchev–Trinajstić information content (AvgIpc) is 3.35. The molecular formula is C27H33N5OS. The first-order valence-corrected chi connectivity index (χ1v) is 12.6. The summed E-state index contributed by atoms with van der Waals surface area (Å²) in [7, 11) is 0. The standard InChI is InChI=1S/C27H33N5OS/c1-4-13-31-26(25(29-27(31)34)24-7-5-6-12-28-24)23-18-19(2)32(20(23)3)22-10-8-21(9-11-22)30-14-16-33-17-15-30/h5-12,18,25-26H,4,13-17H2,1-3H3,(H,29,34)/t25-,26+/m0/s1. The molecule has 178 valence electrons. The zero-order valence-corrected chi connectivity index (χ0v) is 21.0. The maximum atomic E-state index is 5.78. The van der Waals surface area contributed by atoms with Gasteiger partial charge >= 0.3 is 0 Å². The number of pyridine rings is 1. The van der Waals surface area contributed by atoms with Crippen LogP contribution >= 0.6 is 12.2 Å². The van der Waals surface area contributed by atoms with Crippen LogP contribution < -0.4 is 10.2 Å². The number of morpholine rings is 1. The van der Waals surface area contributed by atoms with Crippen molar-refractivity contribution in [3.05, 3.63) is 77.4 Å².